The van der Waals surface area contributed by atoms with E-state index in [9.17, 15) is 0 Å². The molecule has 3 aromatic carbocycles. The minimum absolute atomic E-state index is 0.116. The van der Waals surface area contributed by atoms with Gasteiger partial charge in [0.15, 0.2) is 0 Å². The Morgan fingerprint density at radius 2 is 1.46 bits per heavy atom. The second-order valence-corrected chi connectivity index (χ2v) is 6.06. The Morgan fingerprint density at radius 1 is 0.833 bits per heavy atom. The summed E-state index contributed by atoms with van der Waals surface area (Å²) in [6.07, 6.45) is 0. The van der Waals surface area contributed by atoms with Crippen LogP contribution in [0.15, 0.2) is 78.9 Å². The third kappa shape index (κ3) is 4.16. The number of halogens is 1. The van der Waals surface area contributed by atoms with Crippen molar-refractivity contribution in [3.63, 3.8) is 0 Å². The highest BCUT2D eigenvalue weighted by atomic mass is 35.5. The van der Waals surface area contributed by atoms with Crippen LogP contribution in [-0.2, 0) is 6.54 Å². The monoisotopic (exact) mass is 337 g/mol. The van der Waals surface area contributed by atoms with Gasteiger partial charge in [0.25, 0.3) is 0 Å². The topological polar surface area (TPSA) is 21.3 Å². The summed E-state index contributed by atoms with van der Waals surface area (Å²) in [7, 11) is 1.68. The molecule has 0 radical (unpaired) electrons. The van der Waals surface area contributed by atoms with Crippen molar-refractivity contribution in [3.05, 3.63) is 101 Å². The maximum Gasteiger partial charge on any atom is 0.118 e. The highest BCUT2D eigenvalue weighted by molar-refractivity contribution is 6.30. The Morgan fingerprint density at radius 3 is 2.08 bits per heavy atom. The van der Waals surface area contributed by atoms with Gasteiger partial charge in [-0.1, -0.05) is 66.2 Å². The van der Waals surface area contributed by atoms with Crippen LogP contribution in [-0.4, -0.2) is 7.11 Å². The molecule has 0 fully saturated rings. The molecule has 3 heteroatoms. The molecular formula is C21H20ClNO. The van der Waals surface area contributed by atoms with Crippen molar-refractivity contribution in [1.82, 2.24) is 5.32 Å². The standard InChI is InChI=1S/C21H20ClNO/c1-24-20-13-7-16(8-14-20)15-23-21(17-5-3-2-4-6-17)18-9-11-19(22)12-10-18/h2-14,21,23H,15H2,1H3/t21-/m0/s1. The zero-order chi connectivity index (χ0) is 16.8. The minimum atomic E-state index is 0.116. The molecule has 3 aromatic rings. The van der Waals surface area contributed by atoms with E-state index in [2.05, 4.69) is 53.8 Å². The fraction of sp³-hybridized carbons (Fsp3) is 0.143. The van der Waals surface area contributed by atoms with Crippen molar-refractivity contribution in [2.24, 2.45) is 0 Å². The highest BCUT2D eigenvalue weighted by Crippen LogP contribution is 2.24. The lowest BCUT2D eigenvalue weighted by atomic mass is 9.98. The molecule has 0 aliphatic carbocycles. The van der Waals surface area contributed by atoms with Gasteiger partial charge >= 0.3 is 0 Å². The number of hydrogen-bond acceptors (Lipinski definition) is 2. The smallest absolute Gasteiger partial charge is 0.118 e. The van der Waals surface area contributed by atoms with E-state index < -0.39 is 0 Å². The first kappa shape index (κ1) is 16.6. The van der Waals surface area contributed by atoms with Gasteiger partial charge in [0.1, 0.15) is 5.75 Å². The number of benzene rings is 3. The van der Waals surface area contributed by atoms with Crippen LogP contribution in [0.3, 0.4) is 0 Å². The lowest BCUT2D eigenvalue weighted by Gasteiger charge is -2.20. The average molecular weight is 338 g/mol. The summed E-state index contributed by atoms with van der Waals surface area (Å²) in [5.74, 6) is 0.871. The van der Waals surface area contributed by atoms with Gasteiger partial charge < -0.3 is 10.1 Å². The van der Waals surface area contributed by atoms with Gasteiger partial charge in [-0.05, 0) is 41.0 Å². The first-order valence-corrected chi connectivity index (χ1v) is 8.31. The Kier molecular flexibility index (Phi) is 5.52. The quantitative estimate of drug-likeness (QED) is 0.665. The number of ether oxygens (including phenoxy) is 1. The van der Waals surface area contributed by atoms with E-state index in [1.807, 2.05) is 30.3 Å². The van der Waals surface area contributed by atoms with Crippen LogP contribution in [0.2, 0.25) is 5.02 Å². The third-order valence-electron chi connectivity index (χ3n) is 4.01. The van der Waals surface area contributed by atoms with Crippen LogP contribution in [0.25, 0.3) is 0 Å². The van der Waals surface area contributed by atoms with Crippen molar-refractivity contribution in [1.29, 1.82) is 0 Å². The number of hydrogen-bond donors (Lipinski definition) is 1. The molecule has 0 aliphatic heterocycles. The Balaban J connectivity index is 1.80. The minimum Gasteiger partial charge on any atom is -0.497 e. The third-order valence-corrected chi connectivity index (χ3v) is 4.26. The van der Waals surface area contributed by atoms with Gasteiger partial charge in [-0.2, -0.15) is 0 Å². The summed E-state index contributed by atoms with van der Waals surface area (Å²) in [5, 5.41) is 4.39. The van der Waals surface area contributed by atoms with E-state index >= 15 is 0 Å². The lowest BCUT2D eigenvalue weighted by Crippen LogP contribution is -2.22. The first-order valence-electron chi connectivity index (χ1n) is 7.93. The molecule has 0 bridgehead atoms. The fourth-order valence-electron chi connectivity index (χ4n) is 2.69. The molecule has 0 spiro atoms. The van der Waals surface area contributed by atoms with Crippen molar-refractivity contribution >= 4 is 11.6 Å². The molecule has 0 saturated heterocycles. The summed E-state index contributed by atoms with van der Waals surface area (Å²) in [4.78, 5) is 0. The van der Waals surface area contributed by atoms with Crippen LogP contribution >= 0.6 is 11.6 Å². The Hall–Kier alpha value is -2.29. The van der Waals surface area contributed by atoms with Crippen LogP contribution in [0.4, 0.5) is 0 Å². The molecule has 2 nitrogen and oxygen atoms in total. The molecular weight excluding hydrogens is 318 g/mol. The van der Waals surface area contributed by atoms with Gasteiger partial charge in [0.2, 0.25) is 0 Å². The molecule has 3 rings (SSSR count). The molecule has 0 saturated carbocycles. The molecule has 1 atom stereocenters. The number of methoxy groups -OCH3 is 1. The van der Waals surface area contributed by atoms with Gasteiger partial charge in [0.05, 0.1) is 13.2 Å². The van der Waals surface area contributed by atoms with Gasteiger partial charge in [0, 0.05) is 11.6 Å². The predicted octanol–water partition coefficient (Wildman–Crippen LogP) is 5.23. The summed E-state index contributed by atoms with van der Waals surface area (Å²) in [5.41, 5.74) is 3.64. The van der Waals surface area contributed by atoms with Crippen LogP contribution in [0.1, 0.15) is 22.7 Å². The van der Waals surface area contributed by atoms with Crippen molar-refractivity contribution < 1.29 is 4.74 Å². The summed E-state index contributed by atoms with van der Waals surface area (Å²) in [6, 6.07) is 26.7. The van der Waals surface area contributed by atoms with E-state index in [0.717, 1.165) is 17.3 Å². The molecule has 24 heavy (non-hydrogen) atoms. The maximum absolute atomic E-state index is 6.03. The zero-order valence-electron chi connectivity index (χ0n) is 13.6. The molecule has 0 aliphatic rings. The maximum atomic E-state index is 6.03. The fourth-order valence-corrected chi connectivity index (χ4v) is 2.82. The zero-order valence-corrected chi connectivity index (χ0v) is 14.3. The van der Waals surface area contributed by atoms with Crippen LogP contribution in [0, 0.1) is 0 Å². The van der Waals surface area contributed by atoms with E-state index in [0.29, 0.717) is 0 Å². The highest BCUT2D eigenvalue weighted by Gasteiger charge is 2.13. The SMILES string of the molecule is COc1ccc(CN[C@@H](c2ccccc2)c2ccc(Cl)cc2)cc1. The van der Waals surface area contributed by atoms with Gasteiger partial charge in [-0.25, -0.2) is 0 Å². The van der Waals surface area contributed by atoms with Crippen LogP contribution < -0.4 is 10.1 Å². The van der Waals surface area contributed by atoms with Crippen molar-refractivity contribution in [3.8, 4) is 5.75 Å². The summed E-state index contributed by atoms with van der Waals surface area (Å²) < 4.78 is 5.21. The average Bonchev–Trinajstić information content (AvgIpc) is 2.65. The van der Waals surface area contributed by atoms with E-state index in [1.54, 1.807) is 7.11 Å². The second-order valence-electron chi connectivity index (χ2n) is 5.62. The number of nitrogens with one attached hydrogen (secondary N) is 1. The van der Waals surface area contributed by atoms with Crippen molar-refractivity contribution in [2.45, 2.75) is 12.6 Å². The molecule has 0 heterocycles. The largest absolute Gasteiger partial charge is 0.497 e. The molecule has 0 aromatic heterocycles. The lowest BCUT2D eigenvalue weighted by molar-refractivity contribution is 0.414. The van der Waals surface area contributed by atoms with Crippen molar-refractivity contribution in [2.75, 3.05) is 7.11 Å². The van der Waals surface area contributed by atoms with E-state index in [4.69, 9.17) is 16.3 Å². The normalized spacial score (nSPS) is 11.9. The summed E-state index contributed by atoms with van der Waals surface area (Å²) in [6.45, 7) is 0.770. The Labute approximate surface area is 148 Å². The van der Waals surface area contributed by atoms with Crippen LogP contribution in [0.5, 0.6) is 5.75 Å². The second kappa shape index (κ2) is 8.00. The molecule has 0 amide bonds. The molecule has 0 unspecified atom stereocenters. The Bertz CT molecular complexity index is 754. The number of rotatable bonds is 6. The van der Waals surface area contributed by atoms with Gasteiger partial charge in [-0.15, -0.1) is 0 Å². The molecule has 1 N–H and O–H groups in total. The van der Waals surface area contributed by atoms with E-state index in [1.165, 1.54) is 16.7 Å². The van der Waals surface area contributed by atoms with E-state index in [-0.39, 0.29) is 6.04 Å². The first-order chi connectivity index (χ1) is 11.8. The summed E-state index contributed by atoms with van der Waals surface area (Å²) >= 11 is 6.03. The predicted molar refractivity (Wildman–Crippen MR) is 99.6 cm³/mol. The van der Waals surface area contributed by atoms with Gasteiger partial charge in [-0.3, -0.25) is 0 Å². The molecule has 122 valence electrons.